The molecule has 2 atom stereocenters. The van der Waals surface area contributed by atoms with E-state index >= 15 is 0 Å². The van der Waals surface area contributed by atoms with Crippen LogP contribution in [0.3, 0.4) is 0 Å². The van der Waals surface area contributed by atoms with Gasteiger partial charge in [0.1, 0.15) is 6.10 Å². The zero-order valence-electron chi connectivity index (χ0n) is 14.9. The molecule has 2 saturated heterocycles. The molecule has 2 heterocycles. The van der Waals surface area contributed by atoms with Gasteiger partial charge in [0.15, 0.2) is 5.96 Å². The molecule has 6 heteroatoms. The van der Waals surface area contributed by atoms with E-state index in [0.717, 1.165) is 69.0 Å². The number of morpholine rings is 1. The van der Waals surface area contributed by atoms with E-state index in [2.05, 4.69) is 55.4 Å². The van der Waals surface area contributed by atoms with E-state index in [-0.39, 0.29) is 12.2 Å². The van der Waals surface area contributed by atoms with Crippen LogP contribution < -0.4 is 5.32 Å². The lowest BCUT2D eigenvalue weighted by atomic mass is 10.1. The van der Waals surface area contributed by atoms with Crippen molar-refractivity contribution >= 4 is 21.9 Å². The summed E-state index contributed by atoms with van der Waals surface area (Å²) < 4.78 is 12.9. The van der Waals surface area contributed by atoms with Gasteiger partial charge < -0.3 is 19.7 Å². The monoisotopic (exact) mass is 409 g/mol. The van der Waals surface area contributed by atoms with Crippen molar-refractivity contribution in [3.8, 4) is 0 Å². The Kier molecular flexibility index (Phi) is 7.13. The van der Waals surface area contributed by atoms with E-state index in [1.54, 1.807) is 0 Å². The normalized spacial score (nSPS) is 24.6. The molecular formula is C19H28BrN3O2. The van der Waals surface area contributed by atoms with Gasteiger partial charge in [-0.25, -0.2) is 0 Å². The van der Waals surface area contributed by atoms with Gasteiger partial charge in [-0.3, -0.25) is 4.99 Å². The van der Waals surface area contributed by atoms with Gasteiger partial charge in [0.25, 0.3) is 0 Å². The van der Waals surface area contributed by atoms with Gasteiger partial charge >= 0.3 is 0 Å². The maximum Gasteiger partial charge on any atom is 0.193 e. The van der Waals surface area contributed by atoms with Crippen LogP contribution in [0.15, 0.2) is 33.7 Å². The smallest absolute Gasteiger partial charge is 0.193 e. The minimum absolute atomic E-state index is 0.163. The fourth-order valence-corrected chi connectivity index (χ4v) is 3.95. The van der Waals surface area contributed by atoms with Gasteiger partial charge in [-0.15, -0.1) is 0 Å². The van der Waals surface area contributed by atoms with Crippen LogP contribution in [0, 0.1) is 0 Å². The number of hydrogen-bond donors (Lipinski definition) is 1. The molecule has 0 saturated carbocycles. The van der Waals surface area contributed by atoms with Crippen LogP contribution in [0.1, 0.15) is 24.8 Å². The maximum absolute atomic E-state index is 5.93. The molecule has 2 aliphatic rings. The third kappa shape index (κ3) is 5.43. The van der Waals surface area contributed by atoms with Gasteiger partial charge in [-0.05, 0) is 43.4 Å². The summed E-state index contributed by atoms with van der Waals surface area (Å²) >= 11 is 3.53. The van der Waals surface area contributed by atoms with Crippen LogP contribution in [0.25, 0.3) is 0 Å². The highest BCUT2D eigenvalue weighted by Gasteiger charge is 2.32. The maximum atomic E-state index is 5.93. The number of nitrogens with zero attached hydrogens (tertiary/aromatic N) is 2. The minimum atomic E-state index is 0.163. The van der Waals surface area contributed by atoms with E-state index in [1.165, 1.54) is 5.56 Å². The summed E-state index contributed by atoms with van der Waals surface area (Å²) in [5.41, 5.74) is 1.36. The fraction of sp³-hybridized carbons (Fsp3) is 0.632. The molecule has 25 heavy (non-hydrogen) atoms. The standard InChI is InChI=1S/C19H28BrN3O2/c1-21-19(22-9-3-6-15-5-2-7-16(20)13-15)23-10-12-25-18(14-23)17-8-4-11-24-17/h2,5,7,13,17-18H,3-4,6,8-12,14H2,1H3,(H,21,22). The first-order valence-electron chi connectivity index (χ1n) is 9.19. The topological polar surface area (TPSA) is 46.1 Å². The minimum Gasteiger partial charge on any atom is -0.375 e. The average molecular weight is 410 g/mol. The van der Waals surface area contributed by atoms with E-state index in [0.29, 0.717) is 0 Å². The number of hydrogen-bond acceptors (Lipinski definition) is 3. The largest absolute Gasteiger partial charge is 0.375 e. The predicted molar refractivity (Wildman–Crippen MR) is 104 cm³/mol. The van der Waals surface area contributed by atoms with Gasteiger partial charge in [0.05, 0.1) is 12.7 Å². The van der Waals surface area contributed by atoms with E-state index in [1.807, 2.05) is 7.05 Å². The third-order valence-corrected chi connectivity index (χ3v) is 5.29. The highest BCUT2D eigenvalue weighted by Crippen LogP contribution is 2.21. The molecule has 0 amide bonds. The van der Waals surface area contributed by atoms with Crippen LogP contribution in [0.4, 0.5) is 0 Å². The Labute approximate surface area is 158 Å². The summed E-state index contributed by atoms with van der Waals surface area (Å²) in [6, 6.07) is 8.51. The van der Waals surface area contributed by atoms with Gasteiger partial charge in [-0.1, -0.05) is 28.1 Å². The second-order valence-electron chi connectivity index (χ2n) is 6.61. The van der Waals surface area contributed by atoms with Crippen LogP contribution in [-0.2, 0) is 15.9 Å². The quantitative estimate of drug-likeness (QED) is 0.461. The number of aryl methyl sites for hydroxylation is 1. The molecule has 5 nitrogen and oxygen atoms in total. The number of nitrogens with one attached hydrogen (secondary N) is 1. The Bertz CT molecular complexity index is 576. The first kappa shape index (κ1) is 18.7. The van der Waals surface area contributed by atoms with E-state index in [4.69, 9.17) is 9.47 Å². The second kappa shape index (κ2) is 9.55. The molecule has 0 radical (unpaired) electrons. The van der Waals surface area contributed by atoms with Crippen molar-refractivity contribution in [2.75, 3.05) is 39.9 Å². The molecule has 138 valence electrons. The molecule has 2 fully saturated rings. The van der Waals surface area contributed by atoms with E-state index < -0.39 is 0 Å². The summed E-state index contributed by atoms with van der Waals surface area (Å²) in [7, 11) is 1.85. The number of aliphatic imine (C=N–C) groups is 1. The molecule has 3 rings (SSSR count). The van der Waals surface area contributed by atoms with Crippen molar-refractivity contribution in [2.45, 2.75) is 37.9 Å². The SMILES string of the molecule is CN=C(NCCCc1cccc(Br)c1)N1CCOC(C2CCCO2)C1. The Hall–Kier alpha value is -1.11. The Morgan fingerprint density at radius 1 is 1.32 bits per heavy atom. The average Bonchev–Trinajstić information content (AvgIpc) is 3.17. The fourth-order valence-electron chi connectivity index (χ4n) is 3.51. The Morgan fingerprint density at radius 2 is 2.20 bits per heavy atom. The summed E-state index contributed by atoms with van der Waals surface area (Å²) in [5, 5.41) is 3.50. The van der Waals surface area contributed by atoms with Crippen LogP contribution in [-0.4, -0.2) is 63.0 Å². The van der Waals surface area contributed by atoms with Crippen molar-refractivity contribution in [2.24, 2.45) is 4.99 Å². The van der Waals surface area contributed by atoms with Gasteiger partial charge in [-0.2, -0.15) is 0 Å². The Morgan fingerprint density at radius 3 is 2.96 bits per heavy atom. The third-order valence-electron chi connectivity index (χ3n) is 4.80. The van der Waals surface area contributed by atoms with Crippen molar-refractivity contribution in [1.29, 1.82) is 0 Å². The lowest BCUT2D eigenvalue weighted by Gasteiger charge is -2.37. The molecule has 0 spiro atoms. The predicted octanol–water partition coefficient (Wildman–Crippen LogP) is 2.84. The number of guanidine groups is 1. The lowest BCUT2D eigenvalue weighted by molar-refractivity contribution is -0.0816. The molecule has 1 N–H and O–H groups in total. The van der Waals surface area contributed by atoms with Crippen molar-refractivity contribution in [3.63, 3.8) is 0 Å². The highest BCUT2D eigenvalue weighted by molar-refractivity contribution is 9.10. The zero-order valence-corrected chi connectivity index (χ0v) is 16.5. The summed E-state index contributed by atoms with van der Waals surface area (Å²) in [6.07, 6.45) is 4.80. The second-order valence-corrected chi connectivity index (χ2v) is 7.53. The van der Waals surface area contributed by atoms with E-state index in [9.17, 15) is 0 Å². The van der Waals surface area contributed by atoms with Crippen LogP contribution in [0.2, 0.25) is 0 Å². The highest BCUT2D eigenvalue weighted by atomic mass is 79.9. The molecule has 0 aromatic heterocycles. The van der Waals surface area contributed by atoms with Crippen molar-refractivity contribution < 1.29 is 9.47 Å². The molecule has 1 aromatic carbocycles. The van der Waals surface area contributed by atoms with Crippen molar-refractivity contribution in [1.82, 2.24) is 10.2 Å². The zero-order chi connectivity index (χ0) is 17.5. The number of benzene rings is 1. The molecule has 2 aliphatic heterocycles. The van der Waals surface area contributed by atoms with Crippen LogP contribution >= 0.6 is 15.9 Å². The number of halogens is 1. The Balaban J connectivity index is 1.44. The van der Waals surface area contributed by atoms with Gasteiger partial charge in [0, 0.05) is 37.8 Å². The lowest BCUT2D eigenvalue weighted by Crippen LogP contribution is -2.53. The first-order chi connectivity index (χ1) is 12.3. The molecule has 0 aliphatic carbocycles. The molecule has 1 aromatic rings. The number of rotatable bonds is 5. The molecule has 0 bridgehead atoms. The van der Waals surface area contributed by atoms with Crippen LogP contribution in [0.5, 0.6) is 0 Å². The molecular weight excluding hydrogens is 382 g/mol. The number of ether oxygens (including phenoxy) is 2. The summed E-state index contributed by atoms with van der Waals surface area (Å²) in [5.74, 6) is 0.973. The first-order valence-corrected chi connectivity index (χ1v) is 9.99. The summed E-state index contributed by atoms with van der Waals surface area (Å²) in [6.45, 7) is 4.27. The summed E-state index contributed by atoms with van der Waals surface area (Å²) in [4.78, 5) is 6.76. The van der Waals surface area contributed by atoms with Crippen molar-refractivity contribution in [3.05, 3.63) is 34.3 Å². The van der Waals surface area contributed by atoms with Gasteiger partial charge in [0.2, 0.25) is 0 Å². The molecule has 2 unspecified atom stereocenters.